The Labute approximate surface area is 177 Å². The highest BCUT2D eigenvalue weighted by molar-refractivity contribution is 6.03. The van der Waals surface area contributed by atoms with Gasteiger partial charge in [0.2, 0.25) is 0 Å². The van der Waals surface area contributed by atoms with Crippen molar-refractivity contribution in [1.29, 1.82) is 0 Å². The number of nitrogens with zero attached hydrogens (tertiary/aromatic N) is 4. The molecule has 2 aromatic heterocycles. The van der Waals surface area contributed by atoms with E-state index < -0.39 is 0 Å². The maximum absolute atomic E-state index is 5.49. The Morgan fingerprint density at radius 2 is 2.07 bits per heavy atom. The number of hydrogen-bond acceptors (Lipinski definition) is 8. The Balaban J connectivity index is 1.56. The number of morpholine rings is 1. The van der Waals surface area contributed by atoms with Crippen molar-refractivity contribution in [2.24, 2.45) is 10.9 Å². The van der Waals surface area contributed by atoms with Crippen LogP contribution in [0.4, 0.5) is 11.4 Å². The smallest absolute Gasteiger partial charge is 0.149 e. The molecule has 0 aliphatic carbocycles. The molecule has 2 N–H and O–H groups in total. The number of methoxy groups -OCH3 is 1. The molecular formula is C22H30N6O2. The van der Waals surface area contributed by atoms with Gasteiger partial charge in [0.25, 0.3) is 0 Å². The van der Waals surface area contributed by atoms with Gasteiger partial charge < -0.3 is 25.0 Å². The van der Waals surface area contributed by atoms with Gasteiger partial charge in [0.1, 0.15) is 17.3 Å². The van der Waals surface area contributed by atoms with Gasteiger partial charge in [0.05, 0.1) is 62.9 Å². The third kappa shape index (κ3) is 4.64. The van der Waals surface area contributed by atoms with Gasteiger partial charge in [-0.25, -0.2) is 4.98 Å². The van der Waals surface area contributed by atoms with Crippen molar-refractivity contribution < 1.29 is 9.47 Å². The topological polar surface area (TPSA) is 83.9 Å². The molecule has 0 spiro atoms. The van der Waals surface area contributed by atoms with Crippen molar-refractivity contribution in [1.82, 2.24) is 15.3 Å². The number of amidine groups is 1. The van der Waals surface area contributed by atoms with E-state index in [4.69, 9.17) is 19.5 Å². The third-order valence-corrected chi connectivity index (χ3v) is 5.54. The Kier molecular flexibility index (Phi) is 6.32. The monoisotopic (exact) mass is 410 g/mol. The van der Waals surface area contributed by atoms with Crippen LogP contribution in [0.2, 0.25) is 0 Å². The molecule has 30 heavy (non-hydrogen) atoms. The van der Waals surface area contributed by atoms with Gasteiger partial charge in [-0.3, -0.25) is 9.98 Å². The van der Waals surface area contributed by atoms with Crippen LogP contribution < -0.4 is 20.3 Å². The second kappa shape index (κ2) is 9.30. The molecular weight excluding hydrogens is 380 g/mol. The van der Waals surface area contributed by atoms with Crippen molar-refractivity contribution in [3.8, 4) is 5.75 Å². The summed E-state index contributed by atoms with van der Waals surface area (Å²) in [5.74, 6) is 2.12. The lowest BCUT2D eigenvalue weighted by molar-refractivity contribution is 0.122. The van der Waals surface area contributed by atoms with Crippen molar-refractivity contribution in [3.05, 3.63) is 42.0 Å². The van der Waals surface area contributed by atoms with E-state index in [1.165, 1.54) is 0 Å². The number of hydrogen-bond donors (Lipinski definition) is 2. The van der Waals surface area contributed by atoms with Gasteiger partial charge in [-0.15, -0.1) is 0 Å². The molecule has 0 bridgehead atoms. The Bertz CT molecular complexity index is 878. The van der Waals surface area contributed by atoms with Crippen molar-refractivity contribution in [3.63, 3.8) is 0 Å². The zero-order valence-corrected chi connectivity index (χ0v) is 17.9. The van der Waals surface area contributed by atoms with Crippen molar-refractivity contribution in [2.75, 3.05) is 50.2 Å². The molecule has 2 aliphatic heterocycles. The van der Waals surface area contributed by atoms with Gasteiger partial charge in [-0.05, 0) is 24.1 Å². The van der Waals surface area contributed by atoms with E-state index in [9.17, 15) is 0 Å². The van der Waals surface area contributed by atoms with Crippen LogP contribution in [0.25, 0.3) is 0 Å². The van der Waals surface area contributed by atoms with E-state index >= 15 is 0 Å². The number of rotatable bonds is 7. The van der Waals surface area contributed by atoms with Crippen LogP contribution in [0.3, 0.4) is 0 Å². The third-order valence-electron chi connectivity index (χ3n) is 5.54. The normalized spacial score (nSPS) is 18.9. The van der Waals surface area contributed by atoms with Crippen LogP contribution >= 0.6 is 0 Å². The maximum atomic E-state index is 5.49. The van der Waals surface area contributed by atoms with E-state index in [1.807, 2.05) is 18.3 Å². The number of ether oxygens (including phenoxy) is 2. The first-order valence-corrected chi connectivity index (χ1v) is 10.5. The van der Waals surface area contributed by atoms with Crippen LogP contribution in [-0.2, 0) is 11.3 Å². The summed E-state index contributed by atoms with van der Waals surface area (Å²) in [7, 11) is 1.64. The predicted octanol–water partition coefficient (Wildman–Crippen LogP) is 2.31. The summed E-state index contributed by atoms with van der Waals surface area (Å²) in [6, 6.07) is 6.38. The fourth-order valence-corrected chi connectivity index (χ4v) is 3.57. The largest absolute Gasteiger partial charge is 0.495 e. The van der Waals surface area contributed by atoms with Gasteiger partial charge in [-0.1, -0.05) is 13.8 Å². The van der Waals surface area contributed by atoms with Crippen LogP contribution in [0, 0.1) is 5.92 Å². The molecule has 0 amide bonds. The predicted molar refractivity (Wildman–Crippen MR) is 119 cm³/mol. The van der Waals surface area contributed by atoms with Crippen LogP contribution in [0.5, 0.6) is 5.75 Å². The number of aliphatic imine (C=N–C) groups is 1. The zero-order valence-electron chi connectivity index (χ0n) is 17.9. The van der Waals surface area contributed by atoms with Gasteiger partial charge >= 0.3 is 0 Å². The summed E-state index contributed by atoms with van der Waals surface area (Å²) >= 11 is 0. The number of nitrogens with one attached hydrogen (secondary N) is 2. The summed E-state index contributed by atoms with van der Waals surface area (Å²) in [6.07, 6.45) is 3.67. The average molecular weight is 411 g/mol. The van der Waals surface area contributed by atoms with E-state index in [1.54, 1.807) is 13.3 Å². The molecule has 0 saturated carbocycles. The Morgan fingerprint density at radius 3 is 2.73 bits per heavy atom. The summed E-state index contributed by atoms with van der Waals surface area (Å²) in [5, 5.41) is 7.06. The van der Waals surface area contributed by atoms with Gasteiger partial charge in [0, 0.05) is 19.1 Å². The minimum Gasteiger partial charge on any atom is -0.495 e. The van der Waals surface area contributed by atoms with Gasteiger partial charge in [-0.2, -0.15) is 0 Å². The second-order valence-electron chi connectivity index (χ2n) is 7.92. The number of pyridine rings is 2. The average Bonchev–Trinajstić information content (AvgIpc) is 3.29. The molecule has 1 atom stereocenters. The van der Waals surface area contributed by atoms with Crippen LogP contribution in [0.1, 0.15) is 25.2 Å². The fourth-order valence-electron chi connectivity index (χ4n) is 3.57. The van der Waals surface area contributed by atoms with E-state index in [0.717, 1.165) is 67.2 Å². The lowest BCUT2D eigenvalue weighted by Crippen LogP contribution is -2.37. The van der Waals surface area contributed by atoms with Crippen LogP contribution in [-0.4, -0.2) is 61.8 Å². The highest BCUT2D eigenvalue weighted by Gasteiger charge is 2.24. The quantitative estimate of drug-likeness (QED) is 0.725. The summed E-state index contributed by atoms with van der Waals surface area (Å²) < 4.78 is 10.7. The van der Waals surface area contributed by atoms with E-state index in [-0.39, 0.29) is 0 Å². The maximum Gasteiger partial charge on any atom is 0.149 e. The standard InChI is InChI=1S/C22H30N6O2/c1-15(2)20-14-26-22(27-20)21-19(24-11-16-4-5-18(29-3)13-23-16)10-17(12-25-21)28-6-8-30-9-7-28/h4-5,10,12-13,15,20,24H,6-9,11,14H2,1-3H3,(H,26,27). The molecule has 8 heteroatoms. The van der Waals surface area contributed by atoms with Crippen molar-refractivity contribution in [2.45, 2.75) is 26.4 Å². The molecule has 2 aliphatic rings. The molecule has 8 nitrogen and oxygen atoms in total. The van der Waals surface area contributed by atoms with Crippen molar-refractivity contribution >= 4 is 17.2 Å². The molecule has 160 valence electrons. The lowest BCUT2D eigenvalue weighted by Gasteiger charge is -2.29. The minimum atomic E-state index is 0.344. The Morgan fingerprint density at radius 1 is 1.23 bits per heavy atom. The molecule has 0 radical (unpaired) electrons. The molecule has 0 aromatic carbocycles. The first-order chi connectivity index (χ1) is 14.6. The van der Waals surface area contributed by atoms with Gasteiger partial charge in [0.15, 0.2) is 0 Å². The Hall–Kier alpha value is -2.87. The molecule has 4 heterocycles. The lowest BCUT2D eigenvalue weighted by atomic mass is 10.1. The van der Waals surface area contributed by atoms with E-state index in [0.29, 0.717) is 18.5 Å². The summed E-state index contributed by atoms with van der Waals surface area (Å²) in [4.78, 5) is 16.3. The minimum absolute atomic E-state index is 0.344. The van der Waals surface area contributed by atoms with Crippen LogP contribution in [0.15, 0.2) is 35.6 Å². The summed E-state index contributed by atoms with van der Waals surface area (Å²) in [5.41, 5.74) is 3.82. The molecule has 1 saturated heterocycles. The molecule has 1 fully saturated rings. The SMILES string of the molecule is COc1ccc(CNc2cc(N3CCOCC3)cnc2C2=NCC(C(C)C)N2)nc1. The fraction of sp³-hybridized carbons (Fsp3) is 0.500. The highest BCUT2D eigenvalue weighted by Crippen LogP contribution is 2.25. The molecule has 2 aromatic rings. The molecule has 4 rings (SSSR count). The summed E-state index contributed by atoms with van der Waals surface area (Å²) in [6.45, 7) is 9.00. The second-order valence-corrected chi connectivity index (χ2v) is 7.92. The van der Waals surface area contributed by atoms with E-state index in [2.05, 4.69) is 40.4 Å². The number of aromatic nitrogens is 2. The first-order valence-electron chi connectivity index (χ1n) is 10.5. The zero-order chi connectivity index (χ0) is 20.9. The first kappa shape index (κ1) is 20.4. The number of anilines is 2. The highest BCUT2D eigenvalue weighted by atomic mass is 16.5. The molecule has 1 unspecified atom stereocenters.